The molecule has 0 aliphatic heterocycles. The lowest BCUT2D eigenvalue weighted by molar-refractivity contribution is 0.363. The highest BCUT2D eigenvalue weighted by Crippen LogP contribution is 2.37. The lowest BCUT2D eigenvalue weighted by atomic mass is 10.1. The molecule has 0 aliphatic carbocycles. The molecule has 0 spiro atoms. The van der Waals surface area contributed by atoms with Gasteiger partial charge in [0.25, 0.3) is 0 Å². The smallest absolute Gasteiger partial charge is 0.200 e. The Morgan fingerprint density at radius 1 is 1.17 bits per heavy atom. The third-order valence-corrected chi connectivity index (χ3v) is 3.84. The van der Waals surface area contributed by atoms with Crippen LogP contribution in [0, 0.1) is 0 Å². The largest absolute Gasteiger partial charge is 0.504 e. The normalized spacial score (nSPS) is 12.5. The summed E-state index contributed by atoms with van der Waals surface area (Å²) in [5.74, 6) is -1.07. The summed E-state index contributed by atoms with van der Waals surface area (Å²) in [6.07, 6.45) is 0. The lowest BCUT2D eigenvalue weighted by Gasteiger charge is -2.13. The van der Waals surface area contributed by atoms with Crippen LogP contribution in [0.2, 0.25) is 0 Å². The average Bonchev–Trinajstić information content (AvgIpc) is 2.89. The van der Waals surface area contributed by atoms with Crippen LogP contribution in [0.5, 0.6) is 17.2 Å². The van der Waals surface area contributed by atoms with Crippen LogP contribution in [0.4, 0.5) is 0 Å². The van der Waals surface area contributed by atoms with Crippen LogP contribution in [-0.2, 0) is 6.54 Å². The maximum Gasteiger partial charge on any atom is 0.200 e. The Morgan fingerprint density at radius 2 is 1.94 bits per heavy atom. The van der Waals surface area contributed by atoms with Crippen LogP contribution in [0.1, 0.15) is 23.4 Å². The van der Waals surface area contributed by atoms with Gasteiger partial charge in [-0.05, 0) is 24.4 Å². The fourth-order valence-electron chi connectivity index (χ4n) is 1.65. The zero-order valence-corrected chi connectivity index (χ0v) is 10.7. The van der Waals surface area contributed by atoms with Gasteiger partial charge < -0.3 is 20.6 Å². The third-order valence-electron chi connectivity index (χ3n) is 2.78. The van der Waals surface area contributed by atoms with E-state index in [4.69, 9.17) is 0 Å². The minimum absolute atomic E-state index is 0.167. The first-order chi connectivity index (χ1) is 8.59. The minimum Gasteiger partial charge on any atom is -0.504 e. The molecule has 4 N–H and O–H groups in total. The molecule has 2 rings (SSSR count). The molecule has 0 bridgehead atoms. The Kier molecular flexibility index (Phi) is 3.74. The van der Waals surface area contributed by atoms with E-state index >= 15 is 0 Å². The van der Waals surface area contributed by atoms with Crippen molar-refractivity contribution in [2.45, 2.75) is 19.5 Å². The van der Waals surface area contributed by atoms with Gasteiger partial charge in [0.05, 0.1) is 0 Å². The molecule has 0 saturated carbocycles. The quantitative estimate of drug-likeness (QED) is 0.641. The highest BCUT2D eigenvalue weighted by molar-refractivity contribution is 7.10. The number of hydrogen-bond donors (Lipinski definition) is 4. The number of hydrogen-bond acceptors (Lipinski definition) is 5. The lowest BCUT2D eigenvalue weighted by Crippen LogP contribution is -2.17. The average molecular weight is 265 g/mol. The first-order valence-corrected chi connectivity index (χ1v) is 6.47. The fourth-order valence-corrected chi connectivity index (χ4v) is 2.41. The van der Waals surface area contributed by atoms with Crippen molar-refractivity contribution in [1.29, 1.82) is 0 Å². The Balaban J connectivity index is 2.05. The van der Waals surface area contributed by atoms with Gasteiger partial charge >= 0.3 is 0 Å². The van der Waals surface area contributed by atoms with E-state index in [1.54, 1.807) is 17.4 Å². The molecule has 1 atom stereocenters. The highest BCUT2D eigenvalue weighted by Gasteiger charge is 2.12. The van der Waals surface area contributed by atoms with E-state index in [-0.39, 0.29) is 17.5 Å². The predicted octanol–water partition coefficient (Wildman–Crippen LogP) is 2.72. The van der Waals surface area contributed by atoms with E-state index in [1.165, 1.54) is 10.9 Å². The molecule has 0 unspecified atom stereocenters. The summed E-state index contributed by atoms with van der Waals surface area (Å²) < 4.78 is 0. The van der Waals surface area contributed by atoms with E-state index in [1.807, 2.05) is 24.4 Å². The molecule has 0 aliphatic rings. The van der Waals surface area contributed by atoms with Crippen molar-refractivity contribution < 1.29 is 15.3 Å². The van der Waals surface area contributed by atoms with Crippen molar-refractivity contribution in [2.24, 2.45) is 0 Å². The summed E-state index contributed by atoms with van der Waals surface area (Å²) in [6.45, 7) is 2.45. The van der Waals surface area contributed by atoms with Gasteiger partial charge in [0.1, 0.15) is 0 Å². The van der Waals surface area contributed by atoms with Crippen molar-refractivity contribution in [2.75, 3.05) is 0 Å². The summed E-state index contributed by atoms with van der Waals surface area (Å²) in [4.78, 5) is 1.21. The Morgan fingerprint density at radius 3 is 2.61 bits per heavy atom. The molecule has 96 valence electrons. The van der Waals surface area contributed by atoms with E-state index in [9.17, 15) is 15.3 Å². The molecule has 4 nitrogen and oxygen atoms in total. The molecule has 1 aromatic heterocycles. The van der Waals surface area contributed by atoms with E-state index in [0.29, 0.717) is 12.1 Å². The molecular weight excluding hydrogens is 250 g/mol. The van der Waals surface area contributed by atoms with Crippen LogP contribution in [0.15, 0.2) is 29.6 Å². The number of phenolic OH excluding ortho intramolecular Hbond substituents is 3. The second-order valence-electron chi connectivity index (χ2n) is 4.06. The van der Waals surface area contributed by atoms with Crippen LogP contribution >= 0.6 is 11.3 Å². The molecule has 0 fully saturated rings. The SMILES string of the molecule is C[C@@H](NCc1ccc(O)c(O)c1O)c1cccs1. The topological polar surface area (TPSA) is 72.7 Å². The van der Waals surface area contributed by atoms with Crippen molar-refractivity contribution in [3.8, 4) is 17.2 Å². The van der Waals surface area contributed by atoms with Crippen molar-refractivity contribution in [1.82, 2.24) is 5.32 Å². The number of phenols is 3. The zero-order valence-electron chi connectivity index (χ0n) is 9.92. The first-order valence-electron chi connectivity index (χ1n) is 5.59. The molecular formula is C13H15NO3S. The fraction of sp³-hybridized carbons (Fsp3) is 0.231. The number of thiophene rings is 1. The van der Waals surface area contributed by atoms with Crippen molar-refractivity contribution >= 4 is 11.3 Å². The Labute approximate surface area is 109 Å². The summed E-state index contributed by atoms with van der Waals surface area (Å²) >= 11 is 1.66. The Bertz CT molecular complexity index is 525. The molecule has 0 saturated heterocycles. The number of aromatic hydroxyl groups is 3. The summed E-state index contributed by atoms with van der Waals surface area (Å²) in [6, 6.07) is 7.14. The molecule has 0 radical (unpaired) electrons. The second-order valence-corrected chi connectivity index (χ2v) is 5.04. The monoisotopic (exact) mass is 265 g/mol. The maximum atomic E-state index is 9.67. The van der Waals surface area contributed by atoms with E-state index in [0.717, 1.165) is 0 Å². The predicted molar refractivity (Wildman–Crippen MR) is 71.0 cm³/mol. The van der Waals surface area contributed by atoms with Crippen LogP contribution in [-0.4, -0.2) is 15.3 Å². The number of benzene rings is 1. The second kappa shape index (κ2) is 5.29. The van der Waals surface area contributed by atoms with Crippen LogP contribution in [0.3, 0.4) is 0 Å². The minimum atomic E-state index is -0.474. The van der Waals surface area contributed by atoms with Gasteiger partial charge in [0.15, 0.2) is 11.5 Å². The van der Waals surface area contributed by atoms with E-state index in [2.05, 4.69) is 5.32 Å². The Hall–Kier alpha value is -1.72. The van der Waals surface area contributed by atoms with Crippen LogP contribution in [0.25, 0.3) is 0 Å². The molecule has 1 aromatic carbocycles. The zero-order chi connectivity index (χ0) is 13.1. The van der Waals surface area contributed by atoms with Gasteiger partial charge in [-0.2, -0.15) is 0 Å². The van der Waals surface area contributed by atoms with Gasteiger partial charge in [-0.15, -0.1) is 11.3 Å². The summed E-state index contributed by atoms with van der Waals surface area (Å²) in [5, 5.41) is 33.6. The van der Waals surface area contributed by atoms with Gasteiger partial charge in [-0.1, -0.05) is 12.1 Å². The molecule has 18 heavy (non-hydrogen) atoms. The van der Waals surface area contributed by atoms with Gasteiger partial charge in [-0.25, -0.2) is 0 Å². The third kappa shape index (κ3) is 2.57. The number of rotatable bonds is 4. The summed E-state index contributed by atoms with van der Waals surface area (Å²) in [5.41, 5.74) is 0.550. The summed E-state index contributed by atoms with van der Waals surface area (Å²) in [7, 11) is 0. The molecule has 2 aromatic rings. The van der Waals surface area contributed by atoms with Gasteiger partial charge in [0.2, 0.25) is 5.75 Å². The molecule has 1 heterocycles. The first kappa shape index (κ1) is 12.7. The van der Waals surface area contributed by atoms with Gasteiger partial charge in [-0.3, -0.25) is 0 Å². The maximum absolute atomic E-state index is 9.67. The number of nitrogens with one attached hydrogen (secondary N) is 1. The van der Waals surface area contributed by atoms with E-state index < -0.39 is 5.75 Å². The van der Waals surface area contributed by atoms with Crippen molar-refractivity contribution in [3.63, 3.8) is 0 Å². The molecule has 0 amide bonds. The molecule has 5 heteroatoms. The van der Waals surface area contributed by atoms with Crippen LogP contribution < -0.4 is 5.32 Å². The van der Waals surface area contributed by atoms with Crippen molar-refractivity contribution in [3.05, 3.63) is 40.1 Å². The highest BCUT2D eigenvalue weighted by atomic mass is 32.1. The van der Waals surface area contributed by atoms with Gasteiger partial charge in [0, 0.05) is 23.0 Å². The standard InChI is InChI=1S/C13H15NO3S/c1-8(11-3-2-6-18-11)14-7-9-4-5-10(15)13(17)12(9)16/h2-6,8,14-17H,7H2,1H3/t8-/m1/s1.